The van der Waals surface area contributed by atoms with Crippen molar-refractivity contribution < 1.29 is 9.53 Å². The first-order valence-corrected chi connectivity index (χ1v) is 10.5. The Morgan fingerprint density at radius 1 is 1.28 bits per heavy atom. The second-order valence-electron chi connectivity index (χ2n) is 5.10. The van der Waals surface area contributed by atoms with Gasteiger partial charge in [0, 0.05) is 14.9 Å². The molecule has 0 unspecified atom stereocenters. The van der Waals surface area contributed by atoms with Gasteiger partial charge in [0.15, 0.2) is 4.32 Å². The van der Waals surface area contributed by atoms with Crippen molar-refractivity contribution in [3.63, 3.8) is 0 Å². The number of halogens is 1. The third kappa shape index (κ3) is 3.95. The fourth-order valence-corrected chi connectivity index (χ4v) is 4.52. The highest BCUT2D eigenvalue weighted by Crippen LogP contribution is 2.38. The van der Waals surface area contributed by atoms with Crippen molar-refractivity contribution in [3.8, 4) is 5.75 Å². The number of thiocarbonyl (C=S) groups is 1. The summed E-state index contributed by atoms with van der Waals surface area (Å²) in [6.07, 6.45) is 3.82. The summed E-state index contributed by atoms with van der Waals surface area (Å²) in [7, 11) is 1.61. The molecule has 0 spiro atoms. The second-order valence-corrected chi connectivity index (χ2v) is 8.58. The molecule has 1 heterocycles. The molecule has 0 aliphatic carbocycles. The number of benzene rings is 2. The van der Waals surface area contributed by atoms with Gasteiger partial charge in [0.1, 0.15) is 5.75 Å². The lowest BCUT2D eigenvalue weighted by Crippen LogP contribution is -2.27. The van der Waals surface area contributed by atoms with Gasteiger partial charge in [-0.05, 0) is 48.7 Å². The van der Waals surface area contributed by atoms with Crippen LogP contribution in [0.1, 0.15) is 5.56 Å². The topological polar surface area (TPSA) is 29.5 Å². The summed E-state index contributed by atoms with van der Waals surface area (Å²) in [5, 5.41) is 0. The molecule has 1 aliphatic heterocycles. The van der Waals surface area contributed by atoms with Gasteiger partial charge < -0.3 is 4.74 Å². The first kappa shape index (κ1) is 18.5. The molecule has 1 saturated heterocycles. The predicted molar refractivity (Wildman–Crippen MR) is 115 cm³/mol. The summed E-state index contributed by atoms with van der Waals surface area (Å²) in [6.45, 7) is 0. The number of hydrogen-bond donors (Lipinski definition) is 0. The molecule has 0 bridgehead atoms. The van der Waals surface area contributed by atoms with Gasteiger partial charge in [-0.1, -0.05) is 46.0 Å². The first-order valence-electron chi connectivity index (χ1n) is 7.29. The first-order chi connectivity index (χ1) is 12.0. The molecule has 1 amide bonds. The van der Waals surface area contributed by atoms with Gasteiger partial charge in [-0.3, -0.25) is 9.69 Å². The standard InChI is InChI=1S/C18H14BrNO2S3/c1-22-15-7-6-12(19)8-11(15)9-16-17(21)20(18(23)25-16)13-4-3-5-14(10-13)24-2/h3-10H,1-2H3/b16-9+. The average molecular weight is 452 g/mol. The van der Waals surface area contributed by atoms with Crippen molar-refractivity contribution in [2.45, 2.75) is 4.90 Å². The van der Waals surface area contributed by atoms with Crippen LogP contribution in [0, 0.1) is 0 Å². The number of hydrogen-bond acceptors (Lipinski definition) is 5. The number of ether oxygens (including phenoxy) is 1. The third-order valence-corrected chi connectivity index (χ3v) is 6.10. The molecule has 128 valence electrons. The Labute approximate surface area is 168 Å². The number of nitrogens with zero attached hydrogens (tertiary/aromatic N) is 1. The molecule has 0 N–H and O–H groups in total. The number of carbonyl (C=O) groups is 1. The average Bonchev–Trinajstić information content (AvgIpc) is 2.89. The summed E-state index contributed by atoms with van der Waals surface area (Å²) in [5.74, 6) is 0.591. The minimum absolute atomic E-state index is 0.115. The molecule has 0 atom stereocenters. The summed E-state index contributed by atoms with van der Waals surface area (Å²) in [4.78, 5) is 16.1. The van der Waals surface area contributed by atoms with Gasteiger partial charge in [-0.25, -0.2) is 0 Å². The highest BCUT2D eigenvalue weighted by Gasteiger charge is 2.33. The quantitative estimate of drug-likeness (QED) is 0.343. The Kier molecular flexibility index (Phi) is 5.89. The number of methoxy groups -OCH3 is 1. The van der Waals surface area contributed by atoms with Crippen LogP contribution in [0.4, 0.5) is 5.69 Å². The predicted octanol–water partition coefficient (Wildman–Crippen LogP) is 5.59. The molecule has 0 saturated carbocycles. The Bertz CT molecular complexity index is 882. The van der Waals surface area contributed by atoms with E-state index >= 15 is 0 Å². The van der Waals surface area contributed by atoms with Crippen LogP contribution >= 0.6 is 51.7 Å². The Hall–Kier alpha value is -1.28. The van der Waals surface area contributed by atoms with Gasteiger partial charge in [0.25, 0.3) is 5.91 Å². The van der Waals surface area contributed by atoms with Crippen LogP contribution in [0.3, 0.4) is 0 Å². The highest BCUT2D eigenvalue weighted by atomic mass is 79.9. The molecule has 2 aromatic carbocycles. The van der Waals surface area contributed by atoms with Gasteiger partial charge in [0.2, 0.25) is 0 Å². The summed E-state index contributed by atoms with van der Waals surface area (Å²) in [5.41, 5.74) is 1.62. The van der Waals surface area contributed by atoms with E-state index in [0.717, 1.165) is 20.6 Å². The number of anilines is 1. The molecule has 3 rings (SSSR count). The summed E-state index contributed by atoms with van der Waals surface area (Å²) in [6, 6.07) is 13.5. The van der Waals surface area contributed by atoms with Crippen LogP contribution in [-0.4, -0.2) is 23.6 Å². The van der Waals surface area contributed by atoms with E-state index in [0.29, 0.717) is 15.0 Å². The van der Waals surface area contributed by atoms with Gasteiger partial charge >= 0.3 is 0 Å². The van der Waals surface area contributed by atoms with Gasteiger partial charge in [-0.15, -0.1) is 11.8 Å². The van der Waals surface area contributed by atoms with Crippen LogP contribution in [0.5, 0.6) is 5.75 Å². The lowest BCUT2D eigenvalue weighted by molar-refractivity contribution is -0.113. The van der Waals surface area contributed by atoms with Crippen LogP contribution < -0.4 is 9.64 Å². The minimum atomic E-state index is -0.115. The number of amides is 1. The van der Waals surface area contributed by atoms with Crippen LogP contribution in [0.25, 0.3) is 6.08 Å². The fraction of sp³-hybridized carbons (Fsp3) is 0.111. The fourth-order valence-electron chi connectivity index (χ4n) is 2.40. The van der Waals surface area contributed by atoms with Crippen molar-refractivity contribution in [3.05, 3.63) is 57.4 Å². The van der Waals surface area contributed by atoms with Crippen molar-refractivity contribution in [2.75, 3.05) is 18.3 Å². The van der Waals surface area contributed by atoms with E-state index < -0.39 is 0 Å². The van der Waals surface area contributed by atoms with E-state index in [2.05, 4.69) is 15.9 Å². The normalized spacial score (nSPS) is 16.0. The van der Waals surface area contributed by atoms with E-state index in [1.807, 2.05) is 54.8 Å². The van der Waals surface area contributed by atoms with Crippen LogP contribution in [-0.2, 0) is 4.79 Å². The minimum Gasteiger partial charge on any atom is -0.496 e. The molecule has 0 radical (unpaired) electrons. The highest BCUT2D eigenvalue weighted by molar-refractivity contribution is 9.10. The zero-order valence-electron chi connectivity index (χ0n) is 13.5. The van der Waals surface area contributed by atoms with Gasteiger partial charge in [-0.2, -0.15) is 0 Å². The Balaban J connectivity index is 1.97. The maximum absolute atomic E-state index is 12.9. The zero-order valence-corrected chi connectivity index (χ0v) is 17.5. The molecule has 1 fully saturated rings. The van der Waals surface area contributed by atoms with E-state index in [9.17, 15) is 4.79 Å². The molecule has 1 aliphatic rings. The lowest BCUT2D eigenvalue weighted by Gasteiger charge is -2.15. The molecular weight excluding hydrogens is 438 g/mol. The van der Waals surface area contributed by atoms with E-state index in [4.69, 9.17) is 17.0 Å². The van der Waals surface area contributed by atoms with Crippen molar-refractivity contribution in [1.29, 1.82) is 0 Å². The Morgan fingerprint density at radius 3 is 2.80 bits per heavy atom. The molecule has 25 heavy (non-hydrogen) atoms. The smallest absolute Gasteiger partial charge is 0.270 e. The molecule has 3 nitrogen and oxygen atoms in total. The van der Waals surface area contributed by atoms with Crippen molar-refractivity contribution >= 4 is 73.7 Å². The van der Waals surface area contributed by atoms with Crippen LogP contribution in [0.15, 0.2) is 56.7 Å². The summed E-state index contributed by atoms with van der Waals surface area (Å²) >= 11 is 11.8. The van der Waals surface area contributed by atoms with E-state index in [-0.39, 0.29) is 5.91 Å². The molecule has 2 aromatic rings. The SMILES string of the molecule is COc1ccc(Br)cc1/C=C1/SC(=S)N(c2cccc(SC)c2)C1=O. The monoisotopic (exact) mass is 451 g/mol. The van der Waals surface area contributed by atoms with Crippen molar-refractivity contribution in [2.24, 2.45) is 0 Å². The van der Waals surface area contributed by atoms with Gasteiger partial charge in [0.05, 0.1) is 17.7 Å². The van der Waals surface area contributed by atoms with Crippen LogP contribution in [0.2, 0.25) is 0 Å². The maximum Gasteiger partial charge on any atom is 0.270 e. The largest absolute Gasteiger partial charge is 0.496 e. The molecule has 7 heteroatoms. The molecular formula is C18H14BrNO2S3. The second kappa shape index (κ2) is 7.95. The van der Waals surface area contributed by atoms with Crippen molar-refractivity contribution in [1.82, 2.24) is 0 Å². The van der Waals surface area contributed by atoms with E-state index in [1.165, 1.54) is 11.8 Å². The maximum atomic E-state index is 12.9. The third-order valence-electron chi connectivity index (χ3n) is 3.58. The lowest BCUT2D eigenvalue weighted by atomic mass is 10.2. The Morgan fingerprint density at radius 2 is 2.08 bits per heavy atom. The number of thioether (sulfide) groups is 2. The zero-order chi connectivity index (χ0) is 18.0. The van der Waals surface area contributed by atoms with E-state index in [1.54, 1.807) is 23.8 Å². The number of rotatable bonds is 4. The summed E-state index contributed by atoms with van der Waals surface area (Å²) < 4.78 is 6.83. The molecule has 0 aromatic heterocycles. The number of carbonyl (C=O) groups excluding carboxylic acids is 1.